The summed E-state index contributed by atoms with van der Waals surface area (Å²) in [7, 11) is 1.54. The molecule has 0 aromatic rings. The minimum absolute atomic E-state index is 0.581. The van der Waals surface area contributed by atoms with Gasteiger partial charge >= 0.3 is 0 Å². The topological polar surface area (TPSA) is 18.5 Å². The highest BCUT2D eigenvalue weighted by molar-refractivity contribution is 8.09. The van der Waals surface area contributed by atoms with E-state index in [-0.39, 0.29) is 0 Å². The zero-order valence-electron chi connectivity index (χ0n) is 8.18. The molecular formula is C9H20O2P2. The van der Waals surface area contributed by atoms with Gasteiger partial charge in [0.1, 0.15) is 0 Å². The largest absolute Gasteiger partial charge is 0.233 e. The molecule has 78 valence electrons. The molecule has 2 atom stereocenters. The summed E-state index contributed by atoms with van der Waals surface area (Å²) in [5.41, 5.74) is 0. The van der Waals surface area contributed by atoms with Gasteiger partial charge in [-0.3, -0.25) is 0 Å². The van der Waals surface area contributed by atoms with Gasteiger partial charge in [0.25, 0.3) is 0 Å². The highest BCUT2D eigenvalue weighted by Gasteiger charge is 1.96. The smallest absolute Gasteiger partial charge is 0.0825 e. The van der Waals surface area contributed by atoms with Crippen LogP contribution in [0.3, 0.4) is 0 Å². The van der Waals surface area contributed by atoms with Crippen LogP contribution in [0.5, 0.6) is 0 Å². The summed E-state index contributed by atoms with van der Waals surface area (Å²) in [6.07, 6.45) is 10.8. The van der Waals surface area contributed by atoms with Crippen LogP contribution in [-0.2, 0) is 9.56 Å². The van der Waals surface area contributed by atoms with Gasteiger partial charge in [-0.1, -0.05) is 40.4 Å². The van der Waals surface area contributed by atoms with Gasteiger partial charge in [-0.25, -0.2) is 9.56 Å². The first-order valence-electron chi connectivity index (χ1n) is 5.26. The van der Waals surface area contributed by atoms with E-state index in [1.54, 1.807) is 0 Å². The van der Waals surface area contributed by atoms with Crippen molar-refractivity contribution in [2.24, 2.45) is 0 Å². The molecule has 0 N–H and O–H groups in total. The van der Waals surface area contributed by atoms with Gasteiger partial charge in [-0.2, -0.15) is 0 Å². The van der Waals surface area contributed by atoms with Crippen LogP contribution >= 0.6 is 16.8 Å². The van der Waals surface area contributed by atoms with Gasteiger partial charge in [0.15, 0.2) is 0 Å². The molecule has 0 amide bonds. The Kier molecular flexibility index (Phi) is 8.52. The Morgan fingerprint density at radius 1 is 0.769 bits per heavy atom. The minimum Gasteiger partial charge on any atom is -0.233 e. The molecule has 0 aromatic carbocycles. The van der Waals surface area contributed by atoms with Crippen LogP contribution in [0.2, 0.25) is 0 Å². The maximum absolute atomic E-state index is 5.09. The summed E-state index contributed by atoms with van der Waals surface area (Å²) in [5.74, 6) is 0. The molecule has 1 heterocycles. The van der Waals surface area contributed by atoms with Crippen LogP contribution in [0, 0.1) is 0 Å². The molecule has 0 bridgehead atoms. The second kappa shape index (κ2) is 9.34. The Balaban J connectivity index is 2.01. The fourth-order valence-corrected chi connectivity index (χ4v) is 3.33. The van der Waals surface area contributed by atoms with Crippen molar-refractivity contribution in [2.75, 3.05) is 12.8 Å². The van der Waals surface area contributed by atoms with E-state index in [0.717, 1.165) is 21.3 Å². The molecule has 1 aliphatic rings. The molecule has 0 spiro atoms. The molecule has 0 aliphatic carbocycles. The van der Waals surface area contributed by atoms with Crippen LogP contribution in [0.1, 0.15) is 44.9 Å². The van der Waals surface area contributed by atoms with Crippen LogP contribution in [0.15, 0.2) is 0 Å². The Morgan fingerprint density at radius 3 is 2.31 bits per heavy atom. The summed E-state index contributed by atoms with van der Waals surface area (Å²) >= 11 is 0. The zero-order valence-corrected chi connectivity index (χ0v) is 10.2. The second-order valence-corrected chi connectivity index (χ2v) is 6.31. The highest BCUT2D eigenvalue weighted by atomic mass is 32.0. The van der Waals surface area contributed by atoms with Gasteiger partial charge in [-0.05, 0) is 19.0 Å². The fourth-order valence-electron chi connectivity index (χ4n) is 1.41. The number of rotatable bonds is 0. The number of hydrogen-bond donors (Lipinski definition) is 0. The van der Waals surface area contributed by atoms with Crippen molar-refractivity contribution >= 4 is 16.8 Å². The van der Waals surface area contributed by atoms with Crippen LogP contribution < -0.4 is 0 Å². The lowest BCUT2D eigenvalue weighted by Gasteiger charge is -2.02. The highest BCUT2D eigenvalue weighted by Crippen LogP contribution is 2.38. The van der Waals surface area contributed by atoms with Gasteiger partial charge in [0.05, 0.1) is 15.1 Å². The molecule has 1 rings (SSSR count). The molecule has 0 radical (unpaired) electrons. The van der Waals surface area contributed by atoms with Crippen molar-refractivity contribution in [1.29, 1.82) is 0 Å². The van der Waals surface area contributed by atoms with E-state index < -0.39 is 0 Å². The van der Waals surface area contributed by atoms with Crippen LogP contribution in [0.4, 0.5) is 0 Å². The molecule has 2 unspecified atom stereocenters. The quantitative estimate of drug-likeness (QED) is 0.457. The predicted octanol–water partition coefficient (Wildman–Crippen LogP) is 3.87. The molecule has 1 saturated heterocycles. The fraction of sp³-hybridized carbons (Fsp3) is 1.00. The van der Waals surface area contributed by atoms with Crippen molar-refractivity contribution in [1.82, 2.24) is 0 Å². The average molecular weight is 222 g/mol. The maximum atomic E-state index is 5.09. The lowest BCUT2D eigenvalue weighted by molar-refractivity contribution is -0.194. The first-order valence-corrected chi connectivity index (χ1v) is 8.38. The monoisotopic (exact) mass is 222 g/mol. The Morgan fingerprint density at radius 2 is 1.46 bits per heavy atom. The molecule has 4 heteroatoms. The van der Waals surface area contributed by atoms with Crippen molar-refractivity contribution in [3.8, 4) is 0 Å². The maximum Gasteiger partial charge on any atom is 0.0825 e. The molecule has 13 heavy (non-hydrogen) atoms. The van der Waals surface area contributed by atoms with Crippen molar-refractivity contribution in [2.45, 2.75) is 44.9 Å². The van der Waals surface area contributed by atoms with Crippen molar-refractivity contribution < 1.29 is 9.56 Å². The van der Waals surface area contributed by atoms with Crippen molar-refractivity contribution in [3.63, 3.8) is 0 Å². The Labute approximate surface area is 84.6 Å². The van der Waals surface area contributed by atoms with E-state index in [4.69, 9.17) is 9.56 Å². The summed E-state index contributed by atoms with van der Waals surface area (Å²) in [4.78, 5) is 5.07. The van der Waals surface area contributed by atoms with Crippen LogP contribution in [0.25, 0.3) is 0 Å². The van der Waals surface area contributed by atoms with E-state index in [0.29, 0.717) is 8.50 Å². The predicted molar refractivity (Wildman–Crippen MR) is 60.9 cm³/mol. The molecule has 0 aromatic heterocycles. The van der Waals surface area contributed by atoms with Gasteiger partial charge < -0.3 is 0 Å². The molecule has 2 nitrogen and oxygen atoms in total. The summed E-state index contributed by atoms with van der Waals surface area (Å²) < 4.78 is 5.09. The Hall–Kier alpha value is 0.780. The average Bonchev–Trinajstić information content (AvgIpc) is 2.18. The van der Waals surface area contributed by atoms with E-state index in [2.05, 4.69) is 0 Å². The standard InChI is InChI=1S/C9H20O2P2/c1-2-4-6-8-10-11-13-12-9-7-5-3-1/h12-13H,1-9H2. The lowest BCUT2D eigenvalue weighted by Crippen LogP contribution is -1.90. The second-order valence-electron chi connectivity index (χ2n) is 3.41. The summed E-state index contributed by atoms with van der Waals surface area (Å²) in [6.45, 7) is 0.789. The first kappa shape index (κ1) is 11.9. The molecule has 0 saturated carbocycles. The van der Waals surface area contributed by atoms with Crippen molar-refractivity contribution in [3.05, 3.63) is 0 Å². The van der Waals surface area contributed by atoms with E-state index in [1.807, 2.05) is 0 Å². The third-order valence-corrected chi connectivity index (χ3v) is 4.58. The van der Waals surface area contributed by atoms with E-state index in [9.17, 15) is 0 Å². The Bertz CT molecular complexity index is 63.7. The first-order chi connectivity index (χ1) is 6.50. The van der Waals surface area contributed by atoms with E-state index >= 15 is 0 Å². The summed E-state index contributed by atoms with van der Waals surface area (Å²) in [5, 5.41) is 0. The lowest BCUT2D eigenvalue weighted by atomic mass is 10.1. The third-order valence-electron chi connectivity index (χ3n) is 2.20. The molecule has 1 aliphatic heterocycles. The number of hydrogen-bond acceptors (Lipinski definition) is 2. The van der Waals surface area contributed by atoms with Crippen LogP contribution in [-0.4, -0.2) is 12.8 Å². The van der Waals surface area contributed by atoms with Gasteiger partial charge in [-0.15, -0.1) is 0 Å². The zero-order chi connectivity index (χ0) is 9.19. The molecular weight excluding hydrogens is 202 g/mol. The minimum atomic E-state index is 0.581. The van der Waals surface area contributed by atoms with Gasteiger partial charge in [0, 0.05) is 0 Å². The SMILES string of the molecule is C1CCCCOOPPCCCC1. The van der Waals surface area contributed by atoms with E-state index in [1.165, 1.54) is 44.7 Å². The molecule has 1 fully saturated rings. The normalized spacial score (nSPS) is 27.7. The third kappa shape index (κ3) is 7.82. The summed E-state index contributed by atoms with van der Waals surface area (Å²) in [6, 6.07) is 0. The van der Waals surface area contributed by atoms with Gasteiger partial charge in [0.2, 0.25) is 0 Å².